The van der Waals surface area contributed by atoms with Crippen molar-refractivity contribution in [1.29, 1.82) is 0 Å². The average Bonchev–Trinajstić information content (AvgIpc) is 2.53. The third-order valence-electron chi connectivity index (χ3n) is 1.52. The zero-order valence-electron chi connectivity index (χ0n) is 13.6. The Morgan fingerprint density at radius 2 is 1.73 bits per heavy atom. The van der Waals surface area contributed by atoms with Gasteiger partial charge in [0.15, 0.2) is 6.10 Å². The highest BCUT2D eigenvalue weighted by molar-refractivity contribution is 7.40. The molecule has 2 atom stereocenters. The topological polar surface area (TPSA) is 124 Å². The first-order valence-electron chi connectivity index (χ1n) is 6.64. The summed E-state index contributed by atoms with van der Waals surface area (Å²) in [6, 6.07) is 0. The maximum absolute atomic E-state index is 10.1. The van der Waals surface area contributed by atoms with Crippen molar-refractivity contribution in [3.8, 4) is 0 Å². The molecule has 0 amide bonds. The molecule has 2 unspecified atom stereocenters. The Balaban J connectivity index is -0.000000637. The third-order valence-corrected chi connectivity index (χ3v) is 2.30. The minimum atomic E-state index is -2.03. The summed E-state index contributed by atoms with van der Waals surface area (Å²) in [5, 5.41) is 9.82. The number of hydrogen-bond donors (Lipinski definition) is 3. The minimum absolute atomic E-state index is 0.117. The first-order chi connectivity index (χ1) is 10.7. The Hall–Kier alpha value is -0.830. The fraction of sp³-hybridized carbons (Fsp3) is 0.833. The second kappa shape index (κ2) is 25.1. The van der Waals surface area contributed by atoms with Crippen LogP contribution in [0.3, 0.4) is 0 Å². The molecule has 10 heteroatoms. The molecule has 0 bridgehead atoms. The number of likely N-dealkylation sites (N-methyl/N-ethyl adjacent to an activating group) is 1. The Bertz CT molecular complexity index is 223. The molecule has 0 heterocycles. The van der Waals surface area contributed by atoms with E-state index >= 15 is 0 Å². The van der Waals surface area contributed by atoms with Crippen molar-refractivity contribution < 1.29 is 38.1 Å². The van der Waals surface area contributed by atoms with Gasteiger partial charge in [0.25, 0.3) is 12.9 Å². The van der Waals surface area contributed by atoms with Crippen LogP contribution < -0.4 is 5.32 Å². The molecule has 0 aromatic rings. The lowest BCUT2D eigenvalue weighted by molar-refractivity contribution is -0.144. The molecule has 0 spiro atoms. The van der Waals surface area contributed by atoms with Crippen LogP contribution in [0.15, 0.2) is 0 Å². The molecule has 0 aliphatic carbocycles. The van der Waals surface area contributed by atoms with E-state index in [1.807, 2.05) is 0 Å². The highest BCUT2D eigenvalue weighted by Crippen LogP contribution is 2.32. The molecule has 134 valence electrons. The highest BCUT2D eigenvalue weighted by Gasteiger charge is 2.15. The van der Waals surface area contributed by atoms with Gasteiger partial charge in [0.2, 0.25) is 0 Å². The Morgan fingerprint density at radius 3 is 2.18 bits per heavy atom. The number of nitrogens with one attached hydrogen (secondary N) is 1. The first kappa shape index (κ1) is 26.1. The summed E-state index contributed by atoms with van der Waals surface area (Å²) in [5.74, 6) is 0. The summed E-state index contributed by atoms with van der Waals surface area (Å²) in [6.07, 6.45) is 0.489. The standard InChI is InChI=1S/C8H16NO7P.C3H8.CH4O/c1-9-2-3-15-17(12)16-5-8(14-7-11)4-13-6-10;1-3-2;1-2/h6-9,12H,2-5H2,1H3;3H2,1-2H3;2H,1H3. The molecule has 0 radical (unpaired) electrons. The second-order valence-electron chi connectivity index (χ2n) is 3.46. The number of aliphatic hydroxyl groups is 1. The summed E-state index contributed by atoms with van der Waals surface area (Å²) >= 11 is 0. The van der Waals surface area contributed by atoms with Gasteiger partial charge in [-0.05, 0) is 7.05 Å². The highest BCUT2D eigenvalue weighted by atomic mass is 31.2. The van der Waals surface area contributed by atoms with Gasteiger partial charge in [-0.25, -0.2) is 0 Å². The molecule has 3 N–H and O–H groups in total. The van der Waals surface area contributed by atoms with Crippen molar-refractivity contribution >= 4 is 21.5 Å². The fourth-order valence-corrected chi connectivity index (χ4v) is 1.38. The molecule has 0 aromatic heterocycles. The molecule has 0 aliphatic heterocycles. The van der Waals surface area contributed by atoms with Gasteiger partial charge in [-0.1, -0.05) is 20.3 Å². The summed E-state index contributed by atoms with van der Waals surface area (Å²) < 4.78 is 18.8. The van der Waals surface area contributed by atoms with Crippen molar-refractivity contribution in [3.63, 3.8) is 0 Å². The monoisotopic (exact) mass is 345 g/mol. The van der Waals surface area contributed by atoms with E-state index in [-0.39, 0.29) is 26.2 Å². The number of aliphatic hydroxyl groups excluding tert-OH is 1. The predicted octanol–water partition coefficient (Wildman–Crippen LogP) is 0.198. The summed E-state index contributed by atoms with van der Waals surface area (Å²) in [6.45, 7) is 5.31. The van der Waals surface area contributed by atoms with Crippen LogP contribution in [0.25, 0.3) is 0 Å². The van der Waals surface area contributed by atoms with Gasteiger partial charge in [0, 0.05) is 13.7 Å². The lowest BCUT2D eigenvalue weighted by Gasteiger charge is -2.16. The van der Waals surface area contributed by atoms with E-state index in [9.17, 15) is 14.5 Å². The van der Waals surface area contributed by atoms with Crippen molar-refractivity contribution in [1.82, 2.24) is 5.32 Å². The molecule has 0 rings (SSSR count). The minimum Gasteiger partial charge on any atom is -0.464 e. The van der Waals surface area contributed by atoms with E-state index in [4.69, 9.17) is 14.2 Å². The zero-order valence-corrected chi connectivity index (χ0v) is 14.5. The number of carbonyl (C=O) groups is 2. The average molecular weight is 345 g/mol. The lowest BCUT2D eigenvalue weighted by atomic mass is 10.4. The van der Waals surface area contributed by atoms with Gasteiger partial charge in [0.1, 0.15) is 6.61 Å². The van der Waals surface area contributed by atoms with E-state index in [2.05, 4.69) is 28.6 Å². The van der Waals surface area contributed by atoms with Gasteiger partial charge in [0.05, 0.1) is 13.2 Å². The molecule has 0 saturated carbocycles. The lowest BCUT2D eigenvalue weighted by Crippen LogP contribution is -2.24. The van der Waals surface area contributed by atoms with Crippen LogP contribution in [-0.4, -0.2) is 69.6 Å². The van der Waals surface area contributed by atoms with Crippen molar-refractivity contribution in [2.45, 2.75) is 26.4 Å². The zero-order chi connectivity index (χ0) is 17.6. The molecular formula is C12H28NO8P. The van der Waals surface area contributed by atoms with Crippen LogP contribution >= 0.6 is 8.60 Å². The molecular weight excluding hydrogens is 317 g/mol. The molecule has 0 saturated heterocycles. The number of rotatable bonds is 12. The molecule has 22 heavy (non-hydrogen) atoms. The molecule has 0 aromatic carbocycles. The Kier molecular flexibility index (Phi) is 29.8. The maximum atomic E-state index is 10.1. The smallest absolute Gasteiger partial charge is 0.330 e. The van der Waals surface area contributed by atoms with Crippen molar-refractivity contribution in [3.05, 3.63) is 0 Å². The van der Waals surface area contributed by atoms with E-state index in [1.54, 1.807) is 7.05 Å². The molecule has 0 fully saturated rings. The second-order valence-corrected chi connectivity index (χ2v) is 4.45. The number of hydrogen-bond acceptors (Lipinski definition) is 9. The van der Waals surface area contributed by atoms with Gasteiger partial charge < -0.3 is 33.8 Å². The summed E-state index contributed by atoms with van der Waals surface area (Å²) in [5.41, 5.74) is 0. The Labute approximate surface area is 132 Å². The van der Waals surface area contributed by atoms with E-state index < -0.39 is 14.7 Å². The van der Waals surface area contributed by atoms with Crippen LogP contribution in [0.1, 0.15) is 20.3 Å². The van der Waals surface area contributed by atoms with Gasteiger partial charge in [-0.3, -0.25) is 9.59 Å². The SMILES string of the molecule is CCC.CNCCOP(O)OCC(COC=O)OC=O.CO. The fourth-order valence-electron chi connectivity index (χ4n) is 0.762. The van der Waals surface area contributed by atoms with Crippen molar-refractivity contribution in [2.24, 2.45) is 0 Å². The van der Waals surface area contributed by atoms with E-state index in [0.717, 1.165) is 7.11 Å². The molecule has 0 aliphatic rings. The van der Waals surface area contributed by atoms with Crippen LogP contribution in [0.4, 0.5) is 0 Å². The van der Waals surface area contributed by atoms with Crippen LogP contribution in [0.2, 0.25) is 0 Å². The number of ether oxygens (including phenoxy) is 2. The Morgan fingerprint density at radius 1 is 1.14 bits per heavy atom. The van der Waals surface area contributed by atoms with E-state index in [1.165, 1.54) is 6.42 Å². The van der Waals surface area contributed by atoms with Gasteiger partial charge in [-0.15, -0.1) is 0 Å². The number of carbonyl (C=O) groups excluding carboxylic acids is 2. The van der Waals surface area contributed by atoms with Crippen molar-refractivity contribution in [2.75, 3.05) is 40.5 Å². The van der Waals surface area contributed by atoms with Crippen LogP contribution in [-0.2, 0) is 28.1 Å². The summed E-state index contributed by atoms with van der Waals surface area (Å²) in [7, 11) is 0.714. The van der Waals surface area contributed by atoms with E-state index in [0.29, 0.717) is 13.2 Å². The normalized spacial score (nSPS) is 11.7. The van der Waals surface area contributed by atoms with Gasteiger partial charge >= 0.3 is 8.60 Å². The summed E-state index contributed by atoms with van der Waals surface area (Å²) in [4.78, 5) is 29.3. The predicted molar refractivity (Wildman–Crippen MR) is 82.0 cm³/mol. The first-order valence-corrected chi connectivity index (χ1v) is 7.77. The van der Waals surface area contributed by atoms with Gasteiger partial charge in [-0.2, -0.15) is 0 Å². The largest absolute Gasteiger partial charge is 0.464 e. The molecule has 9 nitrogen and oxygen atoms in total. The van der Waals surface area contributed by atoms with Crippen LogP contribution in [0.5, 0.6) is 0 Å². The van der Waals surface area contributed by atoms with Crippen LogP contribution in [0, 0.1) is 0 Å². The quantitative estimate of drug-likeness (QED) is 0.258. The maximum Gasteiger partial charge on any atom is 0.330 e. The third kappa shape index (κ3) is 24.2.